The number of hydrogen-bond donors (Lipinski definition) is 2. The van der Waals surface area contributed by atoms with Crippen LogP contribution in [0.25, 0.3) is 11.3 Å². The zero-order valence-electron chi connectivity index (χ0n) is 8.12. The van der Waals surface area contributed by atoms with Crippen LogP contribution < -0.4 is 10.5 Å². The Morgan fingerprint density at radius 1 is 1.47 bits per heavy atom. The average Bonchev–Trinajstić information content (AvgIpc) is 2.74. The van der Waals surface area contributed by atoms with Crippen LogP contribution in [0.4, 0.5) is 10.1 Å². The molecule has 1 aromatic carbocycles. The highest BCUT2D eigenvalue weighted by Crippen LogP contribution is 2.30. The Morgan fingerprint density at radius 2 is 2.27 bits per heavy atom. The second-order valence-electron chi connectivity index (χ2n) is 3.05. The summed E-state index contributed by atoms with van der Waals surface area (Å²) in [7, 11) is 1.40. The number of benzene rings is 1. The van der Waals surface area contributed by atoms with Gasteiger partial charge in [0.1, 0.15) is 0 Å². The molecule has 5 heteroatoms. The van der Waals surface area contributed by atoms with E-state index in [1.165, 1.54) is 31.8 Å². The molecule has 0 bridgehead atoms. The Labute approximate surface area is 85.9 Å². The number of anilines is 1. The fourth-order valence-corrected chi connectivity index (χ4v) is 1.37. The van der Waals surface area contributed by atoms with E-state index in [0.717, 1.165) is 0 Å². The summed E-state index contributed by atoms with van der Waals surface area (Å²) >= 11 is 0. The number of halogens is 1. The van der Waals surface area contributed by atoms with Crippen LogP contribution in [0.3, 0.4) is 0 Å². The Bertz CT molecular complexity index is 468. The van der Waals surface area contributed by atoms with Gasteiger partial charge in [-0.15, -0.1) is 0 Å². The number of aromatic amines is 1. The number of nitrogen functional groups attached to an aromatic ring is 1. The number of nitrogens with one attached hydrogen (secondary N) is 1. The monoisotopic (exact) mass is 207 g/mol. The summed E-state index contributed by atoms with van der Waals surface area (Å²) in [6.07, 6.45) is 3.00. The molecule has 1 heterocycles. The Balaban J connectivity index is 2.61. The molecule has 1 aromatic heterocycles. The molecule has 0 aliphatic rings. The van der Waals surface area contributed by atoms with Crippen LogP contribution in [0.2, 0.25) is 0 Å². The second kappa shape index (κ2) is 3.61. The number of aromatic nitrogens is 2. The smallest absolute Gasteiger partial charge is 0.174 e. The van der Waals surface area contributed by atoms with Crippen molar-refractivity contribution in [1.82, 2.24) is 9.97 Å². The maximum atomic E-state index is 13.8. The van der Waals surface area contributed by atoms with E-state index in [2.05, 4.69) is 9.97 Å². The zero-order chi connectivity index (χ0) is 10.8. The number of H-pyrrole nitrogens is 1. The number of nitrogens with two attached hydrogens (primary N) is 1. The van der Waals surface area contributed by atoms with E-state index in [1.54, 1.807) is 0 Å². The maximum Gasteiger partial charge on any atom is 0.174 e. The molecule has 15 heavy (non-hydrogen) atoms. The molecule has 0 atom stereocenters. The third-order valence-corrected chi connectivity index (χ3v) is 2.07. The lowest BCUT2D eigenvalue weighted by Gasteiger charge is -2.07. The third-order valence-electron chi connectivity index (χ3n) is 2.07. The van der Waals surface area contributed by atoms with Crippen LogP contribution in [0.15, 0.2) is 24.7 Å². The number of rotatable bonds is 2. The summed E-state index contributed by atoms with van der Waals surface area (Å²) in [6, 6.07) is 2.97. The summed E-state index contributed by atoms with van der Waals surface area (Å²) < 4.78 is 18.7. The molecule has 4 nitrogen and oxygen atoms in total. The molecule has 0 spiro atoms. The van der Waals surface area contributed by atoms with Crippen LogP contribution in [0.1, 0.15) is 0 Å². The van der Waals surface area contributed by atoms with Crippen molar-refractivity contribution in [2.24, 2.45) is 0 Å². The van der Waals surface area contributed by atoms with Gasteiger partial charge in [-0.25, -0.2) is 9.37 Å². The van der Waals surface area contributed by atoms with Crippen molar-refractivity contribution >= 4 is 5.69 Å². The van der Waals surface area contributed by atoms with Crippen LogP contribution in [-0.2, 0) is 0 Å². The van der Waals surface area contributed by atoms with Crippen molar-refractivity contribution in [2.45, 2.75) is 0 Å². The SMILES string of the molecule is COc1cc(N)cc(-c2cnc[nH]2)c1F. The topological polar surface area (TPSA) is 63.9 Å². The van der Waals surface area contributed by atoms with E-state index in [9.17, 15) is 4.39 Å². The lowest BCUT2D eigenvalue weighted by Crippen LogP contribution is -1.95. The summed E-state index contributed by atoms with van der Waals surface area (Å²) in [5, 5.41) is 0. The van der Waals surface area contributed by atoms with E-state index in [0.29, 0.717) is 16.9 Å². The largest absolute Gasteiger partial charge is 0.494 e. The van der Waals surface area contributed by atoms with E-state index < -0.39 is 5.82 Å². The molecule has 2 rings (SSSR count). The van der Waals surface area contributed by atoms with Crippen LogP contribution in [-0.4, -0.2) is 17.1 Å². The van der Waals surface area contributed by atoms with Crippen LogP contribution >= 0.6 is 0 Å². The second-order valence-corrected chi connectivity index (χ2v) is 3.05. The minimum atomic E-state index is -0.448. The summed E-state index contributed by atoms with van der Waals surface area (Å²) in [5.74, 6) is -0.324. The number of methoxy groups -OCH3 is 1. The standard InChI is InChI=1S/C10H10FN3O/c1-15-9-3-6(12)2-7(10(9)11)8-4-13-5-14-8/h2-5H,12H2,1H3,(H,13,14). The van der Waals surface area contributed by atoms with Gasteiger partial charge in [-0.05, 0) is 6.07 Å². The molecule has 0 fully saturated rings. The van der Waals surface area contributed by atoms with Gasteiger partial charge < -0.3 is 15.5 Å². The van der Waals surface area contributed by atoms with E-state index in [1.807, 2.05) is 0 Å². The van der Waals surface area contributed by atoms with Crippen LogP contribution in [0, 0.1) is 5.82 Å². The van der Waals surface area contributed by atoms with Gasteiger partial charge in [0.25, 0.3) is 0 Å². The molecule has 0 saturated heterocycles. The quantitative estimate of drug-likeness (QED) is 0.738. The van der Waals surface area contributed by atoms with Crippen molar-refractivity contribution in [3.63, 3.8) is 0 Å². The number of nitrogens with zero attached hydrogens (tertiary/aromatic N) is 1. The lowest BCUT2D eigenvalue weighted by atomic mass is 10.1. The number of imidazole rings is 1. The highest BCUT2D eigenvalue weighted by atomic mass is 19.1. The Morgan fingerprint density at radius 3 is 2.87 bits per heavy atom. The minimum absolute atomic E-state index is 0.125. The zero-order valence-corrected chi connectivity index (χ0v) is 8.12. The fraction of sp³-hybridized carbons (Fsp3) is 0.100. The Kier molecular flexibility index (Phi) is 2.29. The maximum absolute atomic E-state index is 13.8. The molecule has 78 valence electrons. The van der Waals surface area contributed by atoms with Gasteiger partial charge in [-0.3, -0.25) is 0 Å². The molecule has 0 radical (unpaired) electrons. The van der Waals surface area contributed by atoms with Crippen molar-refractivity contribution in [1.29, 1.82) is 0 Å². The molecule has 0 amide bonds. The van der Waals surface area contributed by atoms with Gasteiger partial charge in [-0.1, -0.05) is 0 Å². The van der Waals surface area contributed by atoms with Gasteiger partial charge in [0, 0.05) is 17.3 Å². The predicted octanol–water partition coefficient (Wildman–Crippen LogP) is 1.81. The predicted molar refractivity (Wildman–Crippen MR) is 54.9 cm³/mol. The minimum Gasteiger partial charge on any atom is -0.494 e. The van der Waals surface area contributed by atoms with Crippen molar-refractivity contribution < 1.29 is 9.13 Å². The molecule has 0 aliphatic heterocycles. The van der Waals surface area contributed by atoms with E-state index in [4.69, 9.17) is 10.5 Å². The van der Waals surface area contributed by atoms with Gasteiger partial charge >= 0.3 is 0 Å². The first-order chi connectivity index (χ1) is 7.22. The lowest BCUT2D eigenvalue weighted by molar-refractivity contribution is 0.387. The van der Waals surface area contributed by atoms with Gasteiger partial charge in [0.2, 0.25) is 0 Å². The molecular formula is C10H10FN3O. The summed E-state index contributed by atoms with van der Waals surface area (Å²) in [5.41, 5.74) is 6.99. The van der Waals surface area contributed by atoms with Crippen LogP contribution in [0.5, 0.6) is 5.75 Å². The fourth-order valence-electron chi connectivity index (χ4n) is 1.37. The van der Waals surface area contributed by atoms with Gasteiger partial charge in [0.05, 0.1) is 25.3 Å². The normalized spacial score (nSPS) is 10.3. The average molecular weight is 207 g/mol. The molecule has 3 N–H and O–H groups in total. The first kappa shape index (κ1) is 9.51. The van der Waals surface area contributed by atoms with Gasteiger partial charge in [-0.2, -0.15) is 0 Å². The summed E-state index contributed by atoms with van der Waals surface area (Å²) in [4.78, 5) is 6.63. The first-order valence-corrected chi connectivity index (χ1v) is 4.34. The highest BCUT2D eigenvalue weighted by molar-refractivity contribution is 5.67. The molecule has 2 aromatic rings. The van der Waals surface area contributed by atoms with E-state index >= 15 is 0 Å². The number of hydrogen-bond acceptors (Lipinski definition) is 3. The van der Waals surface area contributed by atoms with Crippen molar-refractivity contribution in [3.8, 4) is 17.0 Å². The highest BCUT2D eigenvalue weighted by Gasteiger charge is 2.12. The summed E-state index contributed by atoms with van der Waals surface area (Å²) in [6.45, 7) is 0. The molecule has 0 saturated carbocycles. The number of ether oxygens (including phenoxy) is 1. The first-order valence-electron chi connectivity index (χ1n) is 4.34. The van der Waals surface area contributed by atoms with Crippen molar-refractivity contribution in [2.75, 3.05) is 12.8 Å². The van der Waals surface area contributed by atoms with E-state index in [-0.39, 0.29) is 5.75 Å². The van der Waals surface area contributed by atoms with Gasteiger partial charge in [0.15, 0.2) is 11.6 Å². The molecular weight excluding hydrogens is 197 g/mol. The Hall–Kier alpha value is -2.04. The molecule has 0 unspecified atom stereocenters. The van der Waals surface area contributed by atoms with Crippen molar-refractivity contribution in [3.05, 3.63) is 30.5 Å². The third kappa shape index (κ3) is 1.63. The molecule has 0 aliphatic carbocycles.